The number of hydrogen-bond donors (Lipinski definition) is 1. The Kier molecular flexibility index (Phi) is 6.85. The summed E-state index contributed by atoms with van der Waals surface area (Å²) in [6.45, 7) is 0. The van der Waals surface area contributed by atoms with Crippen molar-refractivity contribution in [3.05, 3.63) is 117 Å². The van der Waals surface area contributed by atoms with Crippen molar-refractivity contribution in [1.82, 2.24) is 29.7 Å². The highest BCUT2D eigenvalue weighted by Gasteiger charge is 2.25. The fourth-order valence-electron chi connectivity index (χ4n) is 4.40. The maximum Gasteiger partial charge on any atom is 0.254 e. The molecule has 198 valence electrons. The molecule has 0 unspecified atom stereocenters. The van der Waals surface area contributed by atoms with Crippen molar-refractivity contribution in [2.45, 2.75) is 12.5 Å². The molecule has 1 N–H and O–H groups in total. The minimum atomic E-state index is -0.931. The van der Waals surface area contributed by atoms with E-state index in [1.165, 1.54) is 27.8 Å². The number of rotatable bonds is 7. The second-order valence-electron chi connectivity index (χ2n) is 8.89. The summed E-state index contributed by atoms with van der Waals surface area (Å²) in [4.78, 5) is 31.7. The number of nitrogens with one attached hydrogen (secondary N) is 1. The van der Waals surface area contributed by atoms with Crippen LogP contribution in [-0.2, 0) is 11.2 Å². The molecule has 40 heavy (non-hydrogen) atoms. The first kappa shape index (κ1) is 25.5. The molecule has 0 aliphatic rings. The lowest BCUT2D eigenvalue weighted by atomic mass is 10.0. The van der Waals surface area contributed by atoms with Crippen LogP contribution in [0.3, 0.4) is 0 Å². The van der Waals surface area contributed by atoms with Crippen LogP contribution in [0.5, 0.6) is 0 Å². The highest BCUT2D eigenvalue weighted by atomic mass is 35.5. The molecule has 12 heteroatoms. The molecule has 0 aliphatic carbocycles. The van der Waals surface area contributed by atoms with Gasteiger partial charge in [0.1, 0.15) is 6.04 Å². The lowest BCUT2D eigenvalue weighted by Crippen LogP contribution is -2.34. The second-order valence-corrected chi connectivity index (χ2v) is 9.71. The number of anilines is 1. The zero-order valence-electron chi connectivity index (χ0n) is 20.6. The average molecular weight is 572 g/mol. The molecule has 10 nitrogen and oxygen atoms in total. The van der Waals surface area contributed by atoms with Crippen LogP contribution in [-0.4, -0.2) is 35.6 Å². The van der Waals surface area contributed by atoms with Crippen LogP contribution in [0.4, 0.5) is 5.82 Å². The average Bonchev–Trinajstić information content (AvgIpc) is 3.58. The standard InChI is InChI=1S/C28H19Cl2N7O3/c29-18-10-11-22(37-15-25(30)33-35-37)20(13-18)21-14-26(38)36(16-31-21)23(12-17-6-2-1-3-7-17)28(39)32-27-19-8-4-5-9-24(19)40-34-27/h1-11,13-16,23H,12H2,(H,32,34,39)/t23-/m0/s1. The summed E-state index contributed by atoms with van der Waals surface area (Å²) in [7, 11) is 0. The van der Waals surface area contributed by atoms with Gasteiger partial charge in [-0.3, -0.25) is 14.2 Å². The van der Waals surface area contributed by atoms with Gasteiger partial charge in [0.25, 0.3) is 5.56 Å². The van der Waals surface area contributed by atoms with Crippen molar-refractivity contribution >= 4 is 45.9 Å². The summed E-state index contributed by atoms with van der Waals surface area (Å²) in [6, 6.07) is 22.1. The third kappa shape index (κ3) is 5.09. The van der Waals surface area contributed by atoms with E-state index in [2.05, 4.69) is 25.8 Å². The topological polar surface area (TPSA) is 121 Å². The molecule has 1 atom stereocenters. The lowest BCUT2D eigenvalue weighted by molar-refractivity contribution is -0.119. The third-order valence-corrected chi connectivity index (χ3v) is 6.72. The minimum absolute atomic E-state index is 0.207. The summed E-state index contributed by atoms with van der Waals surface area (Å²) in [5.74, 6) is -0.174. The number of carbonyl (C=O) groups excluding carboxylic acids is 1. The van der Waals surface area contributed by atoms with Gasteiger partial charge in [-0.2, -0.15) is 0 Å². The Morgan fingerprint density at radius 2 is 1.80 bits per heavy atom. The van der Waals surface area contributed by atoms with Crippen LogP contribution in [0.15, 0.2) is 101 Å². The molecule has 0 saturated heterocycles. The van der Waals surface area contributed by atoms with E-state index in [9.17, 15) is 9.59 Å². The summed E-state index contributed by atoms with van der Waals surface area (Å²) < 4.78 is 8.09. The molecule has 3 aromatic heterocycles. The highest BCUT2D eigenvalue weighted by Crippen LogP contribution is 2.29. The number of hydrogen-bond acceptors (Lipinski definition) is 7. The van der Waals surface area contributed by atoms with Crippen LogP contribution in [0.2, 0.25) is 10.2 Å². The number of aromatic nitrogens is 6. The number of halogens is 2. The molecule has 6 rings (SSSR count). The molecule has 0 radical (unpaired) electrons. The maximum absolute atomic E-state index is 13.6. The molecular formula is C28H19Cl2N7O3. The molecule has 0 spiro atoms. The van der Waals surface area contributed by atoms with Gasteiger partial charge in [0, 0.05) is 23.1 Å². The van der Waals surface area contributed by atoms with Gasteiger partial charge in [-0.1, -0.05) is 76.0 Å². The van der Waals surface area contributed by atoms with Crippen LogP contribution < -0.4 is 10.9 Å². The van der Waals surface area contributed by atoms with E-state index in [0.29, 0.717) is 32.9 Å². The number of amides is 1. The Morgan fingerprint density at radius 1 is 1.00 bits per heavy atom. The molecule has 0 aliphatic heterocycles. The zero-order chi connectivity index (χ0) is 27.6. The summed E-state index contributed by atoms with van der Waals surface area (Å²) >= 11 is 12.2. The zero-order valence-corrected chi connectivity index (χ0v) is 22.1. The van der Waals surface area contributed by atoms with Crippen molar-refractivity contribution < 1.29 is 9.32 Å². The van der Waals surface area contributed by atoms with Crippen molar-refractivity contribution in [2.24, 2.45) is 0 Å². The van der Waals surface area contributed by atoms with E-state index >= 15 is 0 Å². The Morgan fingerprint density at radius 3 is 2.58 bits per heavy atom. The molecule has 6 aromatic rings. The minimum Gasteiger partial charge on any atom is -0.354 e. The highest BCUT2D eigenvalue weighted by molar-refractivity contribution is 6.31. The molecule has 0 fully saturated rings. The maximum atomic E-state index is 13.6. The van der Waals surface area contributed by atoms with Gasteiger partial charge in [-0.25, -0.2) is 9.67 Å². The van der Waals surface area contributed by atoms with Crippen molar-refractivity contribution in [1.29, 1.82) is 0 Å². The van der Waals surface area contributed by atoms with E-state index in [4.69, 9.17) is 27.7 Å². The number of benzene rings is 3. The van der Waals surface area contributed by atoms with E-state index in [0.717, 1.165) is 5.56 Å². The van der Waals surface area contributed by atoms with Crippen molar-refractivity contribution in [2.75, 3.05) is 5.32 Å². The summed E-state index contributed by atoms with van der Waals surface area (Å²) in [5, 5.41) is 15.9. The van der Waals surface area contributed by atoms with E-state index in [1.807, 2.05) is 42.5 Å². The first-order valence-electron chi connectivity index (χ1n) is 12.1. The number of nitrogens with zero attached hydrogens (tertiary/aromatic N) is 6. The SMILES string of the molecule is O=C(Nc1noc2ccccc12)[C@H](Cc1ccccc1)n1cnc(-c2cc(Cl)ccc2-n2cc(Cl)nn2)cc1=O. The Bertz CT molecular complexity index is 1900. The number of fused-ring (bicyclic) bond motifs is 1. The molecule has 0 bridgehead atoms. The lowest BCUT2D eigenvalue weighted by Gasteiger charge is -2.19. The van der Waals surface area contributed by atoms with E-state index in [-0.39, 0.29) is 17.4 Å². The van der Waals surface area contributed by atoms with E-state index in [1.54, 1.807) is 30.3 Å². The molecule has 0 saturated carbocycles. The fourth-order valence-corrected chi connectivity index (χ4v) is 4.69. The summed E-state index contributed by atoms with van der Waals surface area (Å²) in [5.41, 5.74) is 2.41. The molecule has 3 aromatic carbocycles. The third-order valence-electron chi connectivity index (χ3n) is 6.31. The Balaban J connectivity index is 1.38. The van der Waals surface area contributed by atoms with Gasteiger partial charge >= 0.3 is 0 Å². The largest absolute Gasteiger partial charge is 0.354 e. The summed E-state index contributed by atoms with van der Waals surface area (Å²) in [6.07, 6.45) is 3.12. The van der Waals surface area contributed by atoms with Gasteiger partial charge in [0.15, 0.2) is 16.6 Å². The molecule has 1 amide bonds. The van der Waals surface area contributed by atoms with Crippen molar-refractivity contribution in [3.63, 3.8) is 0 Å². The van der Waals surface area contributed by atoms with Gasteiger partial charge in [0.05, 0.1) is 29.3 Å². The van der Waals surface area contributed by atoms with Gasteiger partial charge in [-0.05, 0) is 35.9 Å². The Labute approximate surface area is 236 Å². The first-order chi connectivity index (χ1) is 19.5. The van der Waals surface area contributed by atoms with Crippen LogP contribution >= 0.6 is 23.2 Å². The van der Waals surface area contributed by atoms with Gasteiger partial charge in [0.2, 0.25) is 5.91 Å². The predicted octanol–water partition coefficient (Wildman–Crippen LogP) is 5.36. The van der Waals surface area contributed by atoms with Gasteiger partial charge in [-0.15, -0.1) is 5.10 Å². The predicted molar refractivity (Wildman–Crippen MR) is 151 cm³/mol. The molecular weight excluding hydrogens is 553 g/mol. The quantitative estimate of drug-likeness (QED) is 0.273. The number of para-hydroxylation sites is 1. The monoisotopic (exact) mass is 571 g/mol. The Hall–Kier alpha value is -4.80. The second kappa shape index (κ2) is 10.8. The van der Waals surface area contributed by atoms with E-state index < -0.39 is 17.5 Å². The van der Waals surface area contributed by atoms with Gasteiger partial charge < -0.3 is 9.84 Å². The normalized spacial score (nSPS) is 11.9. The van der Waals surface area contributed by atoms with Crippen LogP contribution in [0.25, 0.3) is 27.9 Å². The van der Waals surface area contributed by atoms with Crippen molar-refractivity contribution in [3.8, 4) is 16.9 Å². The first-order valence-corrected chi connectivity index (χ1v) is 12.9. The smallest absolute Gasteiger partial charge is 0.254 e. The fraction of sp³-hybridized carbons (Fsp3) is 0.0714. The number of carbonyl (C=O) groups is 1. The van der Waals surface area contributed by atoms with Crippen LogP contribution in [0.1, 0.15) is 11.6 Å². The van der Waals surface area contributed by atoms with Crippen LogP contribution in [0, 0.1) is 0 Å². The molecule has 3 heterocycles.